The third-order valence-electron chi connectivity index (χ3n) is 5.10. The lowest BCUT2D eigenvalue weighted by Crippen LogP contribution is -2.34. The molecule has 3 aromatic carbocycles. The van der Waals surface area contributed by atoms with Crippen LogP contribution in [0, 0.1) is 5.82 Å². The molecule has 7 nitrogen and oxygen atoms in total. The van der Waals surface area contributed by atoms with Gasteiger partial charge in [0.2, 0.25) is 0 Å². The summed E-state index contributed by atoms with van der Waals surface area (Å²) in [5.74, 6) is -0.0444. The molecule has 3 aromatic rings. The number of amides is 1. The number of carbonyl (C=O) groups excluding carboxylic acids is 1. The number of ether oxygens (including phenoxy) is 1. The van der Waals surface area contributed by atoms with Crippen LogP contribution in [0.3, 0.4) is 0 Å². The quantitative estimate of drug-likeness (QED) is 0.497. The maximum Gasteiger partial charge on any atom is 0.261 e. The number of benzene rings is 3. The van der Waals surface area contributed by atoms with Crippen LogP contribution in [0.1, 0.15) is 22.0 Å². The van der Waals surface area contributed by atoms with E-state index in [4.69, 9.17) is 4.74 Å². The van der Waals surface area contributed by atoms with Crippen molar-refractivity contribution >= 4 is 21.6 Å². The molecule has 9 heteroatoms. The summed E-state index contributed by atoms with van der Waals surface area (Å²) >= 11 is 0. The zero-order valence-corrected chi connectivity index (χ0v) is 19.4. The van der Waals surface area contributed by atoms with Gasteiger partial charge in [0, 0.05) is 17.8 Å². The minimum absolute atomic E-state index is 0.0346. The standard InChI is InChI=1S/C24H26FN3O4S/c1-28(2)23(17-4-8-19(25)9-5-17)16-26-24(29)18-6-14-22(15-7-18)33(30,31)27-20-10-12-21(32-3)13-11-20/h4-15,23,27H,16H2,1-3H3,(H,26,29). The first-order valence-electron chi connectivity index (χ1n) is 10.2. The smallest absolute Gasteiger partial charge is 0.261 e. The maximum absolute atomic E-state index is 13.2. The van der Waals surface area contributed by atoms with Gasteiger partial charge in [0.15, 0.2) is 0 Å². The first kappa shape index (κ1) is 24.2. The van der Waals surface area contributed by atoms with Gasteiger partial charge >= 0.3 is 0 Å². The lowest BCUT2D eigenvalue weighted by Gasteiger charge is -2.25. The van der Waals surface area contributed by atoms with Crippen molar-refractivity contribution in [3.05, 3.63) is 89.7 Å². The highest BCUT2D eigenvalue weighted by Crippen LogP contribution is 2.20. The Morgan fingerprint density at radius 3 is 2.12 bits per heavy atom. The molecule has 0 heterocycles. The molecule has 0 spiro atoms. The van der Waals surface area contributed by atoms with E-state index in [2.05, 4.69) is 10.0 Å². The number of methoxy groups -OCH3 is 1. The number of hydrogen-bond donors (Lipinski definition) is 2. The van der Waals surface area contributed by atoms with E-state index in [0.29, 0.717) is 23.5 Å². The molecule has 0 aliphatic heterocycles. The molecular weight excluding hydrogens is 445 g/mol. The predicted octanol–water partition coefficient (Wildman–Crippen LogP) is 3.67. The van der Waals surface area contributed by atoms with Crippen molar-refractivity contribution in [3.63, 3.8) is 0 Å². The minimum atomic E-state index is -3.81. The van der Waals surface area contributed by atoms with Crippen molar-refractivity contribution in [2.75, 3.05) is 32.5 Å². The molecule has 0 radical (unpaired) electrons. The molecule has 0 saturated carbocycles. The number of hydrogen-bond acceptors (Lipinski definition) is 5. The molecule has 0 saturated heterocycles. The van der Waals surface area contributed by atoms with Gasteiger partial charge in [-0.25, -0.2) is 12.8 Å². The Kier molecular flexibility index (Phi) is 7.67. The fourth-order valence-corrected chi connectivity index (χ4v) is 4.29. The van der Waals surface area contributed by atoms with Crippen LogP contribution in [0.25, 0.3) is 0 Å². The largest absolute Gasteiger partial charge is 0.497 e. The van der Waals surface area contributed by atoms with Gasteiger partial charge in [-0.3, -0.25) is 9.52 Å². The van der Waals surface area contributed by atoms with Crippen molar-refractivity contribution in [3.8, 4) is 5.75 Å². The van der Waals surface area contributed by atoms with Gasteiger partial charge in [0.05, 0.1) is 18.0 Å². The van der Waals surface area contributed by atoms with Gasteiger partial charge in [-0.15, -0.1) is 0 Å². The summed E-state index contributed by atoms with van der Waals surface area (Å²) in [7, 11) is 1.46. The molecular formula is C24H26FN3O4S. The number of sulfonamides is 1. The average Bonchev–Trinajstić information content (AvgIpc) is 2.80. The van der Waals surface area contributed by atoms with Gasteiger partial charge in [0.1, 0.15) is 11.6 Å². The molecule has 2 N–H and O–H groups in total. The number of halogens is 1. The Labute approximate surface area is 193 Å². The van der Waals surface area contributed by atoms with Crippen LogP contribution in [0.2, 0.25) is 0 Å². The predicted molar refractivity (Wildman–Crippen MR) is 125 cm³/mol. The van der Waals surface area contributed by atoms with Crippen LogP contribution in [-0.2, 0) is 10.0 Å². The summed E-state index contributed by atoms with van der Waals surface area (Å²) in [6.07, 6.45) is 0. The average molecular weight is 472 g/mol. The van der Waals surface area contributed by atoms with E-state index in [1.165, 1.54) is 43.5 Å². The van der Waals surface area contributed by atoms with Gasteiger partial charge in [0.25, 0.3) is 15.9 Å². The van der Waals surface area contributed by atoms with Gasteiger partial charge in [-0.1, -0.05) is 12.1 Å². The van der Waals surface area contributed by atoms with Gasteiger partial charge < -0.3 is 15.0 Å². The number of rotatable bonds is 9. The number of nitrogens with one attached hydrogen (secondary N) is 2. The normalized spacial score (nSPS) is 12.3. The number of carbonyl (C=O) groups is 1. The molecule has 0 bridgehead atoms. The van der Waals surface area contributed by atoms with Crippen molar-refractivity contribution < 1.29 is 22.3 Å². The first-order valence-corrected chi connectivity index (χ1v) is 11.6. The molecule has 1 unspecified atom stereocenters. The summed E-state index contributed by atoms with van der Waals surface area (Å²) in [6, 6.07) is 18.2. The Morgan fingerprint density at radius 2 is 1.58 bits per heavy atom. The number of likely N-dealkylation sites (N-methyl/N-ethyl adjacent to an activating group) is 1. The van der Waals surface area contributed by atoms with Crippen LogP contribution in [0.15, 0.2) is 77.7 Å². The van der Waals surface area contributed by atoms with E-state index in [0.717, 1.165) is 5.56 Å². The Balaban J connectivity index is 1.65. The molecule has 0 aliphatic carbocycles. The van der Waals surface area contributed by atoms with E-state index in [1.807, 2.05) is 19.0 Å². The molecule has 1 amide bonds. The lowest BCUT2D eigenvalue weighted by molar-refractivity contribution is 0.0941. The number of nitrogens with zero attached hydrogens (tertiary/aromatic N) is 1. The fourth-order valence-electron chi connectivity index (χ4n) is 3.23. The highest BCUT2D eigenvalue weighted by Gasteiger charge is 2.18. The zero-order valence-electron chi connectivity index (χ0n) is 18.6. The highest BCUT2D eigenvalue weighted by atomic mass is 32.2. The summed E-state index contributed by atoms with van der Waals surface area (Å²) in [4.78, 5) is 14.6. The monoisotopic (exact) mass is 471 g/mol. The molecule has 0 aromatic heterocycles. The van der Waals surface area contributed by atoms with Crippen LogP contribution >= 0.6 is 0 Å². The summed E-state index contributed by atoms with van der Waals surface area (Å²) in [5.41, 5.74) is 1.59. The van der Waals surface area contributed by atoms with Crippen LogP contribution in [0.5, 0.6) is 5.75 Å². The SMILES string of the molecule is COc1ccc(NS(=O)(=O)c2ccc(C(=O)NCC(c3ccc(F)cc3)N(C)C)cc2)cc1. The van der Waals surface area contributed by atoms with E-state index in [9.17, 15) is 17.6 Å². The van der Waals surface area contributed by atoms with Crippen LogP contribution in [0.4, 0.5) is 10.1 Å². The van der Waals surface area contributed by atoms with Crippen molar-refractivity contribution in [2.45, 2.75) is 10.9 Å². The molecule has 0 fully saturated rings. The van der Waals surface area contributed by atoms with Crippen molar-refractivity contribution in [1.29, 1.82) is 0 Å². The van der Waals surface area contributed by atoms with Gasteiger partial charge in [-0.05, 0) is 80.3 Å². The van der Waals surface area contributed by atoms with Crippen molar-refractivity contribution in [1.82, 2.24) is 10.2 Å². The minimum Gasteiger partial charge on any atom is -0.497 e. The third-order valence-corrected chi connectivity index (χ3v) is 6.50. The summed E-state index contributed by atoms with van der Waals surface area (Å²) in [5, 5.41) is 2.85. The van der Waals surface area contributed by atoms with Crippen molar-refractivity contribution in [2.24, 2.45) is 0 Å². The van der Waals surface area contributed by atoms with E-state index < -0.39 is 10.0 Å². The van der Waals surface area contributed by atoms with E-state index in [1.54, 1.807) is 36.4 Å². The first-order chi connectivity index (χ1) is 15.7. The third kappa shape index (κ3) is 6.30. The maximum atomic E-state index is 13.2. The lowest BCUT2D eigenvalue weighted by atomic mass is 10.1. The number of anilines is 1. The van der Waals surface area contributed by atoms with E-state index >= 15 is 0 Å². The topological polar surface area (TPSA) is 87.7 Å². The molecule has 174 valence electrons. The van der Waals surface area contributed by atoms with Gasteiger partial charge in [-0.2, -0.15) is 0 Å². The molecule has 3 rings (SSSR count). The summed E-state index contributed by atoms with van der Waals surface area (Å²) in [6.45, 7) is 0.302. The Morgan fingerprint density at radius 1 is 0.970 bits per heavy atom. The molecule has 0 aliphatic rings. The van der Waals surface area contributed by atoms with Crippen LogP contribution in [-0.4, -0.2) is 47.0 Å². The second-order valence-corrected chi connectivity index (χ2v) is 9.28. The zero-order chi connectivity index (χ0) is 24.0. The fraction of sp³-hybridized carbons (Fsp3) is 0.208. The van der Waals surface area contributed by atoms with E-state index in [-0.39, 0.29) is 22.7 Å². The second kappa shape index (κ2) is 10.5. The van der Waals surface area contributed by atoms with Crippen LogP contribution < -0.4 is 14.8 Å². The Hall–Kier alpha value is -3.43. The summed E-state index contributed by atoms with van der Waals surface area (Å²) < 4.78 is 46.0. The molecule has 33 heavy (non-hydrogen) atoms. The highest BCUT2D eigenvalue weighted by molar-refractivity contribution is 7.92. The molecule has 1 atom stereocenters. The Bertz CT molecular complexity index is 1180. The second-order valence-electron chi connectivity index (χ2n) is 7.60.